The summed E-state index contributed by atoms with van der Waals surface area (Å²) >= 11 is 1.65. The first-order valence-electron chi connectivity index (χ1n) is 12.3. The molecule has 8 heteroatoms. The number of aliphatic hydroxyl groups is 3. The van der Waals surface area contributed by atoms with Crippen molar-refractivity contribution in [3.63, 3.8) is 0 Å². The SMILES string of the molecule is C=C1C(=O)[C@]23[C@H](O)[C@H]1CC[C@H]2[C@@]12COC3(O)[C@@H](O)[C@@H]1C(C)(C)Cc1sc(NCCCC)nc12. The predicted molar refractivity (Wildman–Crippen MR) is 124 cm³/mol. The van der Waals surface area contributed by atoms with Crippen LogP contribution in [0.4, 0.5) is 5.13 Å². The van der Waals surface area contributed by atoms with Crippen LogP contribution in [0.25, 0.3) is 0 Å². The quantitative estimate of drug-likeness (QED) is 0.392. The number of ether oxygens (including phenoxy) is 1. The Morgan fingerprint density at radius 3 is 2.76 bits per heavy atom. The molecule has 0 aromatic carbocycles. The second-order valence-corrected chi connectivity index (χ2v) is 12.7. The summed E-state index contributed by atoms with van der Waals surface area (Å²) in [4.78, 5) is 20.0. The fourth-order valence-corrected chi connectivity index (χ4v) is 9.86. The van der Waals surface area contributed by atoms with Gasteiger partial charge in [-0.3, -0.25) is 4.79 Å². The van der Waals surface area contributed by atoms with Crippen LogP contribution in [0.1, 0.15) is 57.0 Å². The number of fused-ring (bicyclic) bond motifs is 3. The molecule has 1 unspecified atom stereocenters. The van der Waals surface area contributed by atoms with E-state index in [-0.39, 0.29) is 29.6 Å². The number of thiazole rings is 1. The number of rotatable bonds is 4. The molecule has 4 aliphatic carbocycles. The summed E-state index contributed by atoms with van der Waals surface area (Å²) in [6.45, 7) is 11.4. The van der Waals surface area contributed by atoms with Gasteiger partial charge < -0.3 is 25.4 Å². The highest BCUT2D eigenvalue weighted by atomic mass is 32.1. The van der Waals surface area contributed by atoms with E-state index >= 15 is 0 Å². The molecule has 1 aromatic heterocycles. The highest BCUT2D eigenvalue weighted by Gasteiger charge is 2.86. The molecular weight excluding hydrogens is 440 g/mol. The van der Waals surface area contributed by atoms with E-state index in [0.717, 1.165) is 41.5 Å². The molecule has 7 rings (SSSR count). The third-order valence-corrected chi connectivity index (χ3v) is 10.7. The first kappa shape index (κ1) is 22.2. The normalized spacial score (nSPS) is 46.7. The Labute approximate surface area is 198 Å². The minimum absolute atomic E-state index is 0.184. The second-order valence-electron chi connectivity index (χ2n) is 11.6. The van der Waals surface area contributed by atoms with Crippen molar-refractivity contribution in [1.82, 2.24) is 4.98 Å². The number of carbonyl (C=O) groups is 1. The van der Waals surface area contributed by atoms with Crippen molar-refractivity contribution < 1.29 is 24.9 Å². The van der Waals surface area contributed by atoms with Gasteiger partial charge in [0.2, 0.25) is 5.79 Å². The van der Waals surface area contributed by atoms with Crippen molar-refractivity contribution >= 4 is 22.3 Å². The van der Waals surface area contributed by atoms with E-state index < -0.39 is 34.7 Å². The van der Waals surface area contributed by atoms with Crippen molar-refractivity contribution in [3.8, 4) is 0 Å². The van der Waals surface area contributed by atoms with Crippen LogP contribution in [0, 0.1) is 28.6 Å². The van der Waals surface area contributed by atoms with Crippen LogP contribution in [0.15, 0.2) is 12.2 Å². The van der Waals surface area contributed by atoms with Gasteiger partial charge in [0.05, 0.1) is 18.4 Å². The molecule has 2 aliphatic heterocycles. The zero-order valence-corrected chi connectivity index (χ0v) is 20.4. The van der Waals surface area contributed by atoms with Gasteiger partial charge in [-0.2, -0.15) is 0 Å². The molecule has 4 bridgehead atoms. The zero-order valence-electron chi connectivity index (χ0n) is 19.6. The molecule has 0 radical (unpaired) electrons. The molecule has 7 nitrogen and oxygen atoms in total. The summed E-state index contributed by atoms with van der Waals surface area (Å²) in [5.41, 5.74) is -1.47. The van der Waals surface area contributed by atoms with Crippen LogP contribution in [0.3, 0.4) is 0 Å². The van der Waals surface area contributed by atoms with E-state index in [0.29, 0.717) is 18.4 Å². The standard InChI is InChI=1S/C25H34N2O5S/c1-5-6-9-26-21-27-17-14(33-21)10-22(3,4)16-20(30)25(31)24-15(23(16,17)11-32-25)8-7-13(19(24)29)12(2)18(24)28/h13,15-16,19-20,29-31H,2,5-11H2,1,3-4H3,(H,26,27)/t13-,15-,16+,19+,20-,23-,24-,25?/m0/s1. The number of carbonyl (C=O) groups excluding carboxylic acids is 1. The van der Waals surface area contributed by atoms with Gasteiger partial charge in [-0.15, -0.1) is 11.3 Å². The lowest BCUT2D eigenvalue weighted by Crippen LogP contribution is -2.85. The minimum Gasteiger partial charge on any atom is -0.391 e. The van der Waals surface area contributed by atoms with Gasteiger partial charge in [-0.25, -0.2) is 4.98 Å². The van der Waals surface area contributed by atoms with Crippen LogP contribution in [0.2, 0.25) is 0 Å². The van der Waals surface area contributed by atoms with Crippen molar-refractivity contribution in [2.45, 2.75) is 76.3 Å². The summed E-state index contributed by atoms with van der Waals surface area (Å²) in [5.74, 6) is -3.60. The van der Waals surface area contributed by atoms with Crippen LogP contribution in [0.5, 0.6) is 0 Å². The molecule has 5 fully saturated rings. The number of unbranched alkanes of at least 4 members (excludes halogenated alkanes) is 1. The average Bonchev–Trinajstić information content (AvgIpc) is 3.19. The Morgan fingerprint density at radius 2 is 2.03 bits per heavy atom. The number of Topliss-reactive ketones (excluding diaryl/α,β-unsaturated/α-hetero) is 1. The monoisotopic (exact) mass is 474 g/mol. The van der Waals surface area contributed by atoms with Gasteiger partial charge in [0.1, 0.15) is 11.5 Å². The molecule has 6 aliphatic rings. The maximum absolute atomic E-state index is 13.8. The van der Waals surface area contributed by atoms with Crippen molar-refractivity contribution in [2.24, 2.45) is 28.6 Å². The topological polar surface area (TPSA) is 112 Å². The molecule has 8 atom stereocenters. The molecule has 0 amide bonds. The highest BCUT2D eigenvalue weighted by molar-refractivity contribution is 7.15. The van der Waals surface area contributed by atoms with E-state index in [4.69, 9.17) is 9.72 Å². The Morgan fingerprint density at radius 1 is 1.27 bits per heavy atom. The number of nitrogens with zero attached hydrogens (tertiary/aromatic N) is 1. The van der Waals surface area contributed by atoms with E-state index in [1.165, 1.54) is 0 Å². The second kappa shape index (κ2) is 6.66. The highest BCUT2D eigenvalue weighted by Crippen LogP contribution is 2.75. The van der Waals surface area contributed by atoms with Gasteiger partial charge in [0, 0.05) is 28.7 Å². The van der Waals surface area contributed by atoms with Crippen molar-refractivity contribution in [1.29, 1.82) is 0 Å². The summed E-state index contributed by atoms with van der Waals surface area (Å²) in [6.07, 6.45) is 1.74. The van der Waals surface area contributed by atoms with Crippen LogP contribution < -0.4 is 5.32 Å². The first-order chi connectivity index (χ1) is 15.6. The molecule has 2 spiro atoms. The van der Waals surface area contributed by atoms with E-state index in [2.05, 4.69) is 32.7 Å². The van der Waals surface area contributed by atoms with Crippen LogP contribution in [-0.4, -0.2) is 57.2 Å². The summed E-state index contributed by atoms with van der Waals surface area (Å²) < 4.78 is 6.10. The third kappa shape index (κ3) is 2.26. The number of nitrogens with one attached hydrogen (secondary N) is 1. The number of hydrogen-bond acceptors (Lipinski definition) is 8. The van der Waals surface area contributed by atoms with E-state index in [1.54, 1.807) is 11.3 Å². The van der Waals surface area contributed by atoms with Crippen LogP contribution in [-0.2, 0) is 21.4 Å². The Bertz CT molecular complexity index is 1050. The average molecular weight is 475 g/mol. The number of hydrogen-bond donors (Lipinski definition) is 4. The Balaban J connectivity index is 1.58. The largest absolute Gasteiger partial charge is 0.391 e. The van der Waals surface area contributed by atoms with E-state index in [9.17, 15) is 20.1 Å². The predicted octanol–water partition coefficient (Wildman–Crippen LogP) is 2.40. The molecule has 2 saturated heterocycles. The van der Waals surface area contributed by atoms with Crippen molar-refractivity contribution in [3.05, 3.63) is 22.7 Å². The Hall–Kier alpha value is -1.32. The molecule has 3 saturated carbocycles. The molecule has 3 heterocycles. The van der Waals surface area contributed by atoms with Gasteiger partial charge in [0.25, 0.3) is 0 Å². The molecule has 4 N–H and O–H groups in total. The fourth-order valence-electron chi connectivity index (χ4n) is 8.54. The maximum Gasteiger partial charge on any atom is 0.208 e. The molecular formula is C25H34N2O5S. The molecule has 180 valence electrons. The van der Waals surface area contributed by atoms with Gasteiger partial charge >= 0.3 is 0 Å². The van der Waals surface area contributed by atoms with Crippen LogP contribution >= 0.6 is 11.3 Å². The summed E-state index contributed by atoms with van der Waals surface area (Å²) in [6, 6.07) is 0. The fraction of sp³-hybridized carbons (Fsp3) is 0.760. The van der Waals surface area contributed by atoms with Gasteiger partial charge in [-0.1, -0.05) is 33.8 Å². The van der Waals surface area contributed by atoms with E-state index in [1.807, 2.05) is 0 Å². The Kier molecular flexibility index (Phi) is 4.48. The maximum atomic E-state index is 13.8. The van der Waals surface area contributed by atoms with Crippen molar-refractivity contribution in [2.75, 3.05) is 18.5 Å². The van der Waals surface area contributed by atoms with Gasteiger partial charge in [0.15, 0.2) is 10.9 Å². The zero-order chi connectivity index (χ0) is 23.6. The smallest absolute Gasteiger partial charge is 0.208 e. The minimum atomic E-state index is -2.13. The number of ketones is 1. The molecule has 33 heavy (non-hydrogen) atoms. The number of anilines is 1. The third-order valence-electron chi connectivity index (χ3n) is 9.70. The lowest BCUT2D eigenvalue weighted by atomic mass is 9.36. The molecule has 1 aromatic rings. The summed E-state index contributed by atoms with van der Waals surface area (Å²) in [5, 5.41) is 39.5. The summed E-state index contributed by atoms with van der Waals surface area (Å²) in [7, 11) is 0. The number of aromatic nitrogens is 1. The number of aliphatic hydroxyl groups excluding tert-OH is 2. The first-order valence-corrected chi connectivity index (χ1v) is 13.1. The lowest BCUT2D eigenvalue weighted by molar-refractivity contribution is -0.429. The lowest BCUT2D eigenvalue weighted by Gasteiger charge is -2.73. The van der Waals surface area contributed by atoms with Gasteiger partial charge in [-0.05, 0) is 42.6 Å².